The molecule has 2 rings (SSSR count). The summed E-state index contributed by atoms with van der Waals surface area (Å²) in [6.45, 7) is 7.31. The van der Waals surface area contributed by atoms with E-state index in [1.54, 1.807) is 0 Å². The van der Waals surface area contributed by atoms with Gasteiger partial charge in [-0.1, -0.05) is 20.3 Å². The number of aliphatic carboxylic acids is 1. The Balaban J connectivity index is 2.03. The first kappa shape index (κ1) is 15.3. The summed E-state index contributed by atoms with van der Waals surface area (Å²) in [7, 11) is 0. The third-order valence-electron chi connectivity index (χ3n) is 4.74. The maximum atomic E-state index is 12.2. The molecule has 4 atom stereocenters. The third kappa shape index (κ3) is 2.97. The lowest BCUT2D eigenvalue weighted by molar-refractivity contribution is -0.145. The normalized spacial score (nSPS) is 31.3. The Hall–Kier alpha value is -1.10. The highest BCUT2D eigenvalue weighted by molar-refractivity contribution is 5.83. The van der Waals surface area contributed by atoms with Crippen LogP contribution in [0.5, 0.6) is 0 Å². The molecule has 114 valence electrons. The van der Waals surface area contributed by atoms with E-state index in [0.29, 0.717) is 18.4 Å². The topological polar surface area (TPSA) is 69.6 Å². The first-order chi connectivity index (χ1) is 9.41. The molecule has 1 aliphatic carbocycles. The fourth-order valence-electron chi connectivity index (χ4n) is 3.67. The van der Waals surface area contributed by atoms with Crippen LogP contribution < -0.4 is 5.32 Å². The standard InChI is InChI=1S/C15H26N2O3/c1-9(2)7-16-14(18)10(3)17-8-11-5-4-6-12(11)13(17)15(19)20/h9-13H,4-8H2,1-3H3,(H,16,18)(H,19,20). The van der Waals surface area contributed by atoms with E-state index in [2.05, 4.69) is 5.32 Å². The van der Waals surface area contributed by atoms with Gasteiger partial charge in [-0.2, -0.15) is 0 Å². The van der Waals surface area contributed by atoms with E-state index in [1.165, 1.54) is 0 Å². The van der Waals surface area contributed by atoms with E-state index < -0.39 is 12.0 Å². The lowest BCUT2D eigenvalue weighted by Gasteiger charge is -2.29. The minimum Gasteiger partial charge on any atom is -0.480 e. The van der Waals surface area contributed by atoms with Crippen molar-refractivity contribution in [2.75, 3.05) is 13.1 Å². The van der Waals surface area contributed by atoms with Crippen LogP contribution in [-0.4, -0.2) is 47.1 Å². The third-order valence-corrected chi connectivity index (χ3v) is 4.74. The highest BCUT2D eigenvalue weighted by Crippen LogP contribution is 2.42. The number of carbonyl (C=O) groups excluding carboxylic acids is 1. The van der Waals surface area contributed by atoms with Gasteiger partial charge in [-0.15, -0.1) is 0 Å². The molecule has 1 heterocycles. The lowest BCUT2D eigenvalue weighted by atomic mass is 9.94. The van der Waals surface area contributed by atoms with Crippen LogP contribution in [0.1, 0.15) is 40.0 Å². The predicted molar refractivity (Wildman–Crippen MR) is 76.3 cm³/mol. The minimum atomic E-state index is -0.775. The maximum absolute atomic E-state index is 12.2. The number of amides is 1. The van der Waals surface area contributed by atoms with Crippen molar-refractivity contribution in [1.29, 1.82) is 0 Å². The Morgan fingerprint density at radius 1 is 1.30 bits per heavy atom. The number of likely N-dealkylation sites (tertiary alicyclic amines) is 1. The number of carboxylic acid groups (broad SMARTS) is 1. The van der Waals surface area contributed by atoms with Crippen molar-refractivity contribution in [2.24, 2.45) is 17.8 Å². The van der Waals surface area contributed by atoms with E-state index >= 15 is 0 Å². The van der Waals surface area contributed by atoms with E-state index in [0.717, 1.165) is 25.8 Å². The molecular formula is C15H26N2O3. The fraction of sp³-hybridized carbons (Fsp3) is 0.867. The van der Waals surface area contributed by atoms with Gasteiger partial charge in [-0.05, 0) is 37.5 Å². The van der Waals surface area contributed by atoms with Gasteiger partial charge < -0.3 is 10.4 Å². The SMILES string of the molecule is CC(C)CNC(=O)C(C)N1CC2CCCC2C1C(=O)O. The Labute approximate surface area is 120 Å². The Morgan fingerprint density at radius 2 is 2.00 bits per heavy atom. The molecule has 20 heavy (non-hydrogen) atoms. The Kier molecular flexibility index (Phi) is 4.68. The molecule has 1 saturated heterocycles. The largest absolute Gasteiger partial charge is 0.480 e. The zero-order chi connectivity index (χ0) is 14.9. The number of hydrogen-bond acceptors (Lipinski definition) is 3. The first-order valence-electron chi connectivity index (χ1n) is 7.68. The molecule has 1 amide bonds. The summed E-state index contributed by atoms with van der Waals surface area (Å²) in [6.07, 6.45) is 3.21. The molecule has 2 aliphatic rings. The summed E-state index contributed by atoms with van der Waals surface area (Å²) < 4.78 is 0. The average molecular weight is 282 g/mol. The zero-order valence-electron chi connectivity index (χ0n) is 12.6. The summed E-state index contributed by atoms with van der Waals surface area (Å²) in [5, 5.41) is 12.4. The molecule has 0 aromatic carbocycles. The Morgan fingerprint density at radius 3 is 2.60 bits per heavy atom. The van der Waals surface area contributed by atoms with Crippen molar-refractivity contribution < 1.29 is 14.7 Å². The maximum Gasteiger partial charge on any atom is 0.321 e. The fourth-order valence-corrected chi connectivity index (χ4v) is 3.67. The van der Waals surface area contributed by atoms with Crippen LogP contribution >= 0.6 is 0 Å². The highest BCUT2D eigenvalue weighted by atomic mass is 16.4. The summed E-state index contributed by atoms with van der Waals surface area (Å²) in [6, 6.07) is -0.845. The number of carbonyl (C=O) groups is 2. The summed E-state index contributed by atoms with van der Waals surface area (Å²) in [5.41, 5.74) is 0. The van der Waals surface area contributed by atoms with Crippen molar-refractivity contribution >= 4 is 11.9 Å². The molecule has 0 radical (unpaired) electrons. The van der Waals surface area contributed by atoms with E-state index in [-0.39, 0.29) is 17.9 Å². The second kappa shape index (κ2) is 6.12. The molecule has 0 spiro atoms. The van der Waals surface area contributed by atoms with Crippen molar-refractivity contribution in [2.45, 2.75) is 52.1 Å². The van der Waals surface area contributed by atoms with Gasteiger partial charge in [0.2, 0.25) is 5.91 Å². The van der Waals surface area contributed by atoms with Crippen LogP contribution in [0, 0.1) is 17.8 Å². The molecule has 5 heteroatoms. The van der Waals surface area contributed by atoms with Crippen LogP contribution in [-0.2, 0) is 9.59 Å². The van der Waals surface area contributed by atoms with E-state index in [4.69, 9.17) is 0 Å². The van der Waals surface area contributed by atoms with Crippen LogP contribution in [0.15, 0.2) is 0 Å². The number of nitrogens with zero attached hydrogens (tertiary/aromatic N) is 1. The number of rotatable bonds is 5. The van der Waals surface area contributed by atoms with Gasteiger partial charge >= 0.3 is 5.97 Å². The van der Waals surface area contributed by atoms with Gasteiger partial charge in [0.1, 0.15) is 6.04 Å². The molecule has 2 N–H and O–H groups in total. The van der Waals surface area contributed by atoms with Gasteiger partial charge in [-0.3, -0.25) is 14.5 Å². The first-order valence-corrected chi connectivity index (χ1v) is 7.68. The molecule has 2 fully saturated rings. The van der Waals surface area contributed by atoms with Gasteiger partial charge in [0, 0.05) is 13.1 Å². The van der Waals surface area contributed by atoms with Crippen LogP contribution in [0.2, 0.25) is 0 Å². The van der Waals surface area contributed by atoms with E-state index in [9.17, 15) is 14.7 Å². The number of fused-ring (bicyclic) bond motifs is 1. The van der Waals surface area contributed by atoms with Crippen LogP contribution in [0.4, 0.5) is 0 Å². The molecule has 1 saturated carbocycles. The smallest absolute Gasteiger partial charge is 0.321 e. The van der Waals surface area contributed by atoms with Gasteiger partial charge in [0.25, 0.3) is 0 Å². The molecule has 0 bridgehead atoms. The quantitative estimate of drug-likeness (QED) is 0.798. The molecule has 0 aromatic rings. The minimum absolute atomic E-state index is 0.0510. The predicted octanol–water partition coefficient (Wildman–Crippen LogP) is 1.33. The van der Waals surface area contributed by atoms with Gasteiger partial charge in [0.05, 0.1) is 6.04 Å². The van der Waals surface area contributed by atoms with Crippen LogP contribution in [0.3, 0.4) is 0 Å². The highest BCUT2D eigenvalue weighted by Gasteiger charge is 2.50. The molecule has 1 aliphatic heterocycles. The molecular weight excluding hydrogens is 256 g/mol. The summed E-state index contributed by atoms with van der Waals surface area (Å²) in [4.78, 5) is 25.6. The number of nitrogens with one attached hydrogen (secondary N) is 1. The number of hydrogen-bond donors (Lipinski definition) is 2. The summed E-state index contributed by atoms with van der Waals surface area (Å²) in [5.74, 6) is 0.261. The molecule has 4 unspecified atom stereocenters. The second-order valence-corrected chi connectivity index (χ2v) is 6.65. The van der Waals surface area contributed by atoms with E-state index in [1.807, 2.05) is 25.7 Å². The van der Waals surface area contributed by atoms with Crippen molar-refractivity contribution in [3.63, 3.8) is 0 Å². The lowest BCUT2D eigenvalue weighted by Crippen LogP contribution is -2.51. The molecule has 5 nitrogen and oxygen atoms in total. The molecule has 0 aromatic heterocycles. The van der Waals surface area contributed by atoms with Crippen molar-refractivity contribution in [3.05, 3.63) is 0 Å². The van der Waals surface area contributed by atoms with Gasteiger partial charge in [0.15, 0.2) is 0 Å². The average Bonchev–Trinajstić information content (AvgIpc) is 2.93. The summed E-state index contributed by atoms with van der Waals surface area (Å²) >= 11 is 0. The monoisotopic (exact) mass is 282 g/mol. The van der Waals surface area contributed by atoms with Crippen molar-refractivity contribution in [1.82, 2.24) is 10.2 Å². The number of carboxylic acids is 1. The van der Waals surface area contributed by atoms with Crippen LogP contribution in [0.25, 0.3) is 0 Å². The van der Waals surface area contributed by atoms with Gasteiger partial charge in [-0.25, -0.2) is 0 Å². The van der Waals surface area contributed by atoms with Crippen molar-refractivity contribution in [3.8, 4) is 0 Å². The zero-order valence-corrected chi connectivity index (χ0v) is 12.6. The Bertz CT molecular complexity index is 383. The second-order valence-electron chi connectivity index (χ2n) is 6.65.